The predicted molar refractivity (Wildman–Crippen MR) is 96.5 cm³/mol. The van der Waals surface area contributed by atoms with Gasteiger partial charge in [-0.3, -0.25) is 15.0 Å². The predicted octanol–water partition coefficient (Wildman–Crippen LogP) is 1.50. The smallest absolute Gasteiger partial charge is 0.239 e. The first-order valence-corrected chi connectivity index (χ1v) is 9.27. The highest BCUT2D eigenvalue weighted by Crippen LogP contribution is 2.19. The summed E-state index contributed by atoms with van der Waals surface area (Å²) in [5.74, 6) is 0.176. The van der Waals surface area contributed by atoms with E-state index in [1.165, 1.54) is 0 Å². The second-order valence-electron chi connectivity index (χ2n) is 7.10. The van der Waals surface area contributed by atoms with Gasteiger partial charge in [0.05, 0.1) is 6.04 Å². The van der Waals surface area contributed by atoms with Crippen LogP contribution in [0.4, 0.5) is 0 Å². The Balaban J connectivity index is 1.71. The molecule has 3 atom stereocenters. The zero-order valence-electron chi connectivity index (χ0n) is 14.8. The molecular weight excluding hydrogens is 316 g/mol. The fourth-order valence-corrected chi connectivity index (χ4v) is 3.53. The van der Waals surface area contributed by atoms with E-state index in [0.29, 0.717) is 13.0 Å². The number of hydrogen-bond donors (Lipinski definition) is 3. The minimum absolute atomic E-state index is 0.0204. The lowest BCUT2D eigenvalue weighted by atomic mass is 10.0. The van der Waals surface area contributed by atoms with Crippen molar-refractivity contribution in [2.45, 2.75) is 57.2 Å². The van der Waals surface area contributed by atoms with Gasteiger partial charge in [0, 0.05) is 25.6 Å². The number of carbonyl (C=O) groups excluding carboxylic acids is 2. The van der Waals surface area contributed by atoms with Crippen molar-refractivity contribution in [3.8, 4) is 0 Å². The maximum Gasteiger partial charge on any atom is 0.239 e. The fourth-order valence-electron chi connectivity index (χ4n) is 3.53. The van der Waals surface area contributed by atoms with Crippen LogP contribution < -0.4 is 16.2 Å². The molecule has 0 aromatic heterocycles. The van der Waals surface area contributed by atoms with E-state index in [2.05, 4.69) is 16.2 Å². The van der Waals surface area contributed by atoms with Gasteiger partial charge in [0.2, 0.25) is 11.8 Å². The largest absolute Gasteiger partial charge is 0.346 e. The Labute approximate surface area is 149 Å². The molecule has 2 heterocycles. The summed E-state index contributed by atoms with van der Waals surface area (Å²) >= 11 is 0. The molecule has 2 saturated heterocycles. The Morgan fingerprint density at radius 1 is 1.24 bits per heavy atom. The molecule has 2 amide bonds. The molecule has 0 bridgehead atoms. The molecule has 6 heteroatoms. The molecule has 2 aliphatic rings. The summed E-state index contributed by atoms with van der Waals surface area (Å²) in [6, 6.07) is 9.77. The monoisotopic (exact) mass is 344 g/mol. The molecule has 0 saturated carbocycles. The van der Waals surface area contributed by atoms with Crippen molar-refractivity contribution >= 4 is 11.8 Å². The van der Waals surface area contributed by atoms with E-state index in [1.54, 1.807) is 0 Å². The highest BCUT2D eigenvalue weighted by molar-refractivity contribution is 5.82. The number of nitrogens with one attached hydrogen (secondary N) is 3. The minimum Gasteiger partial charge on any atom is -0.346 e. The third-order valence-corrected chi connectivity index (χ3v) is 5.00. The van der Waals surface area contributed by atoms with Gasteiger partial charge in [0.15, 0.2) is 0 Å². The standard InChI is InChI=1S/C19H28N4O2/c1-14-12-16(22-21-14)19(25)20-17(15-8-4-2-5-9-15)13-23-11-7-3-6-10-18(23)24/h2,4-5,8-9,14,16-17,21-22H,3,6-7,10-13H2,1H3,(H,20,25). The van der Waals surface area contributed by atoms with Crippen molar-refractivity contribution < 1.29 is 9.59 Å². The molecule has 2 fully saturated rings. The van der Waals surface area contributed by atoms with Crippen LogP contribution in [0.5, 0.6) is 0 Å². The molecule has 0 spiro atoms. The maximum absolute atomic E-state index is 12.6. The summed E-state index contributed by atoms with van der Waals surface area (Å²) < 4.78 is 0. The van der Waals surface area contributed by atoms with Crippen LogP contribution in [-0.4, -0.2) is 41.9 Å². The van der Waals surface area contributed by atoms with Crippen LogP contribution in [0, 0.1) is 0 Å². The Hall–Kier alpha value is -1.92. The summed E-state index contributed by atoms with van der Waals surface area (Å²) in [4.78, 5) is 26.9. The van der Waals surface area contributed by atoms with Gasteiger partial charge in [-0.1, -0.05) is 36.8 Å². The third kappa shape index (κ3) is 4.80. The highest BCUT2D eigenvalue weighted by atomic mass is 16.2. The first kappa shape index (κ1) is 17.9. The van der Waals surface area contributed by atoms with E-state index in [9.17, 15) is 9.59 Å². The lowest BCUT2D eigenvalue weighted by Gasteiger charge is -2.28. The van der Waals surface area contributed by atoms with Crippen molar-refractivity contribution in [2.24, 2.45) is 0 Å². The van der Waals surface area contributed by atoms with E-state index >= 15 is 0 Å². The number of likely N-dealkylation sites (tertiary alicyclic amines) is 1. The molecule has 6 nitrogen and oxygen atoms in total. The molecule has 0 aliphatic carbocycles. The summed E-state index contributed by atoms with van der Waals surface area (Å²) in [6.45, 7) is 3.35. The van der Waals surface area contributed by atoms with Gasteiger partial charge in [0.1, 0.15) is 6.04 Å². The van der Waals surface area contributed by atoms with Crippen LogP contribution in [0.25, 0.3) is 0 Å². The Morgan fingerprint density at radius 2 is 2.04 bits per heavy atom. The number of carbonyl (C=O) groups is 2. The normalized spacial score (nSPS) is 25.5. The van der Waals surface area contributed by atoms with Gasteiger partial charge in [-0.05, 0) is 31.7 Å². The first-order chi connectivity index (χ1) is 12.1. The number of amides is 2. The van der Waals surface area contributed by atoms with E-state index in [4.69, 9.17) is 0 Å². The third-order valence-electron chi connectivity index (χ3n) is 5.00. The fraction of sp³-hybridized carbons (Fsp3) is 0.579. The highest BCUT2D eigenvalue weighted by Gasteiger charge is 2.29. The minimum atomic E-state index is -0.235. The van der Waals surface area contributed by atoms with Crippen molar-refractivity contribution in [3.05, 3.63) is 35.9 Å². The lowest BCUT2D eigenvalue weighted by molar-refractivity contribution is -0.132. The van der Waals surface area contributed by atoms with Crippen LogP contribution >= 0.6 is 0 Å². The van der Waals surface area contributed by atoms with Gasteiger partial charge in [-0.2, -0.15) is 0 Å². The Kier molecular flexibility index (Phi) is 6.04. The van der Waals surface area contributed by atoms with Crippen LogP contribution in [0.2, 0.25) is 0 Å². The summed E-state index contributed by atoms with van der Waals surface area (Å²) in [6.07, 6.45) is 4.47. The Morgan fingerprint density at radius 3 is 2.76 bits per heavy atom. The van der Waals surface area contributed by atoms with Gasteiger partial charge >= 0.3 is 0 Å². The zero-order chi connectivity index (χ0) is 17.6. The van der Waals surface area contributed by atoms with Gasteiger partial charge in [0.25, 0.3) is 0 Å². The van der Waals surface area contributed by atoms with Gasteiger partial charge < -0.3 is 10.2 Å². The Bertz CT molecular complexity index is 592. The molecule has 25 heavy (non-hydrogen) atoms. The molecule has 3 N–H and O–H groups in total. The van der Waals surface area contributed by atoms with Crippen molar-refractivity contribution in [1.29, 1.82) is 0 Å². The zero-order valence-corrected chi connectivity index (χ0v) is 14.8. The molecule has 3 unspecified atom stereocenters. The van der Waals surface area contributed by atoms with E-state index < -0.39 is 0 Å². The van der Waals surface area contributed by atoms with Gasteiger partial charge in [-0.25, -0.2) is 5.43 Å². The average Bonchev–Trinajstić information content (AvgIpc) is 2.96. The van der Waals surface area contributed by atoms with Crippen molar-refractivity contribution in [1.82, 2.24) is 21.1 Å². The van der Waals surface area contributed by atoms with Crippen molar-refractivity contribution in [2.75, 3.05) is 13.1 Å². The second-order valence-corrected chi connectivity index (χ2v) is 7.10. The van der Waals surface area contributed by atoms with Crippen LogP contribution in [0.3, 0.4) is 0 Å². The number of rotatable bonds is 5. The van der Waals surface area contributed by atoms with E-state index in [1.807, 2.05) is 42.2 Å². The second kappa shape index (κ2) is 8.45. The lowest BCUT2D eigenvalue weighted by Crippen LogP contribution is -2.47. The van der Waals surface area contributed by atoms with Crippen molar-refractivity contribution in [3.63, 3.8) is 0 Å². The average molecular weight is 344 g/mol. The molecule has 1 aromatic carbocycles. The van der Waals surface area contributed by atoms with Crippen LogP contribution in [0.1, 0.15) is 50.6 Å². The summed E-state index contributed by atoms with van der Waals surface area (Å²) in [5.41, 5.74) is 7.16. The quantitative estimate of drug-likeness (QED) is 0.757. The van der Waals surface area contributed by atoms with E-state index in [-0.39, 0.29) is 29.9 Å². The van der Waals surface area contributed by atoms with Crippen LogP contribution in [-0.2, 0) is 9.59 Å². The van der Waals surface area contributed by atoms with Crippen LogP contribution in [0.15, 0.2) is 30.3 Å². The number of hydrazine groups is 1. The van der Waals surface area contributed by atoms with Gasteiger partial charge in [-0.15, -0.1) is 0 Å². The molecule has 0 radical (unpaired) electrons. The molecular formula is C19H28N4O2. The molecule has 136 valence electrons. The molecule has 1 aromatic rings. The van der Waals surface area contributed by atoms with E-state index in [0.717, 1.165) is 37.8 Å². The first-order valence-electron chi connectivity index (χ1n) is 9.27. The maximum atomic E-state index is 12.6. The number of hydrogen-bond acceptors (Lipinski definition) is 4. The summed E-state index contributed by atoms with van der Waals surface area (Å²) in [5, 5.41) is 3.15. The summed E-state index contributed by atoms with van der Waals surface area (Å²) in [7, 11) is 0. The molecule has 3 rings (SSSR count). The number of benzene rings is 1. The topological polar surface area (TPSA) is 73.5 Å². The molecule has 2 aliphatic heterocycles. The number of nitrogens with zero attached hydrogens (tertiary/aromatic N) is 1. The SMILES string of the molecule is CC1CC(C(=O)NC(CN2CCCCCC2=O)c2ccccc2)NN1.